The third-order valence-electron chi connectivity index (χ3n) is 2.11. The van der Waals surface area contributed by atoms with Crippen LogP contribution in [0, 0.1) is 0 Å². The minimum Gasteiger partial charge on any atom is -0.390 e. The summed E-state index contributed by atoms with van der Waals surface area (Å²) in [5.41, 5.74) is 0.875. The third-order valence-corrected chi connectivity index (χ3v) is 2.99. The van der Waals surface area contributed by atoms with Gasteiger partial charge in [-0.2, -0.15) is 4.80 Å². The number of aromatic nitrogens is 4. The van der Waals surface area contributed by atoms with Crippen molar-refractivity contribution < 1.29 is 5.11 Å². The zero-order valence-electron chi connectivity index (χ0n) is 8.79. The van der Waals surface area contributed by atoms with Crippen molar-refractivity contribution in [3.05, 3.63) is 28.7 Å². The highest BCUT2D eigenvalue weighted by Gasteiger charge is 2.09. The monoisotopic (exact) mass is 316 g/mol. The molecule has 1 N–H and O–H groups in total. The van der Waals surface area contributed by atoms with E-state index in [0.717, 1.165) is 10.0 Å². The molecule has 0 aliphatic heterocycles. The summed E-state index contributed by atoms with van der Waals surface area (Å²) in [6.45, 7) is 0.243. The zero-order valence-corrected chi connectivity index (χ0v) is 11.1. The number of aliphatic hydroxyl groups excluding tert-OH is 1. The van der Waals surface area contributed by atoms with E-state index in [2.05, 4.69) is 31.3 Å². The van der Waals surface area contributed by atoms with Crippen molar-refractivity contribution >= 4 is 27.5 Å². The highest BCUT2D eigenvalue weighted by Crippen LogP contribution is 2.17. The number of hydrogen-bond donors (Lipinski definition) is 1. The van der Waals surface area contributed by atoms with Crippen LogP contribution in [0.15, 0.2) is 28.7 Å². The Morgan fingerprint density at radius 1 is 1.35 bits per heavy atom. The van der Waals surface area contributed by atoms with Crippen molar-refractivity contribution in [2.75, 3.05) is 5.88 Å². The van der Waals surface area contributed by atoms with Gasteiger partial charge in [0.15, 0.2) is 0 Å². The summed E-state index contributed by atoms with van der Waals surface area (Å²) in [6.07, 6.45) is -0.663. The molecule has 0 saturated carbocycles. The number of rotatable bonds is 4. The maximum Gasteiger partial charge on any atom is 0.204 e. The second kappa shape index (κ2) is 5.57. The van der Waals surface area contributed by atoms with Gasteiger partial charge in [0.2, 0.25) is 5.82 Å². The van der Waals surface area contributed by atoms with Crippen LogP contribution in [0.4, 0.5) is 0 Å². The van der Waals surface area contributed by atoms with E-state index in [-0.39, 0.29) is 12.4 Å². The van der Waals surface area contributed by atoms with Crippen LogP contribution in [0.5, 0.6) is 0 Å². The van der Waals surface area contributed by atoms with Gasteiger partial charge in [-0.15, -0.1) is 21.8 Å². The summed E-state index contributed by atoms with van der Waals surface area (Å²) in [5.74, 6) is 0.675. The van der Waals surface area contributed by atoms with Crippen LogP contribution in [0.3, 0.4) is 0 Å². The van der Waals surface area contributed by atoms with E-state index in [0.29, 0.717) is 5.82 Å². The van der Waals surface area contributed by atoms with Gasteiger partial charge in [0.1, 0.15) is 0 Å². The van der Waals surface area contributed by atoms with Crippen LogP contribution >= 0.6 is 27.5 Å². The number of nitrogens with zero attached hydrogens (tertiary/aromatic N) is 4. The smallest absolute Gasteiger partial charge is 0.204 e. The molecule has 7 heteroatoms. The molecule has 1 aromatic heterocycles. The molecule has 0 fully saturated rings. The summed E-state index contributed by atoms with van der Waals surface area (Å²) in [6, 6.07) is 7.60. The van der Waals surface area contributed by atoms with E-state index in [9.17, 15) is 5.11 Å². The van der Waals surface area contributed by atoms with E-state index in [1.165, 1.54) is 4.80 Å². The molecule has 0 radical (unpaired) electrons. The summed E-state index contributed by atoms with van der Waals surface area (Å²) in [7, 11) is 0. The lowest BCUT2D eigenvalue weighted by molar-refractivity contribution is 0.164. The molecule has 2 rings (SSSR count). The molecule has 1 heterocycles. The summed E-state index contributed by atoms with van der Waals surface area (Å²) in [4.78, 5) is 1.34. The maximum atomic E-state index is 9.36. The van der Waals surface area contributed by atoms with Crippen LogP contribution in [0.25, 0.3) is 11.4 Å². The zero-order chi connectivity index (χ0) is 12.3. The van der Waals surface area contributed by atoms with E-state index in [4.69, 9.17) is 11.6 Å². The van der Waals surface area contributed by atoms with E-state index >= 15 is 0 Å². The molecule has 0 spiro atoms. The number of hydrogen-bond acceptors (Lipinski definition) is 4. The lowest BCUT2D eigenvalue weighted by atomic mass is 10.2. The Labute approximate surface area is 112 Å². The fourth-order valence-corrected chi connectivity index (χ4v) is 1.63. The van der Waals surface area contributed by atoms with Gasteiger partial charge in [-0.3, -0.25) is 0 Å². The van der Waals surface area contributed by atoms with Crippen LogP contribution in [-0.2, 0) is 6.54 Å². The van der Waals surface area contributed by atoms with E-state index in [1.54, 1.807) is 0 Å². The molecule has 1 atom stereocenters. The molecular formula is C10H10BrClN4O. The quantitative estimate of drug-likeness (QED) is 0.872. The van der Waals surface area contributed by atoms with Crippen molar-refractivity contribution in [1.29, 1.82) is 0 Å². The Morgan fingerprint density at radius 2 is 2.06 bits per heavy atom. The predicted molar refractivity (Wildman–Crippen MR) is 67.7 cm³/mol. The Bertz CT molecular complexity index is 487. The molecule has 1 aromatic carbocycles. The molecule has 0 aliphatic rings. The Hall–Kier alpha value is -0.980. The van der Waals surface area contributed by atoms with Gasteiger partial charge in [0.05, 0.1) is 18.5 Å². The maximum absolute atomic E-state index is 9.36. The SMILES string of the molecule is O[C@@H](CCl)Cn1nnc(-c2ccc(Br)cc2)n1. The molecule has 90 valence electrons. The Morgan fingerprint density at radius 3 is 2.71 bits per heavy atom. The first-order chi connectivity index (χ1) is 8.19. The van der Waals surface area contributed by atoms with Gasteiger partial charge in [-0.25, -0.2) is 0 Å². The van der Waals surface area contributed by atoms with Gasteiger partial charge in [-0.1, -0.05) is 15.9 Å². The molecule has 17 heavy (non-hydrogen) atoms. The van der Waals surface area contributed by atoms with Crippen LogP contribution in [-0.4, -0.2) is 37.3 Å². The van der Waals surface area contributed by atoms with Crippen molar-refractivity contribution in [1.82, 2.24) is 20.2 Å². The lowest BCUT2D eigenvalue weighted by Crippen LogP contribution is -2.19. The predicted octanol–water partition coefficient (Wildman–Crippen LogP) is 1.70. The second-order valence-electron chi connectivity index (χ2n) is 3.48. The number of benzene rings is 1. The van der Waals surface area contributed by atoms with Crippen LogP contribution in [0.2, 0.25) is 0 Å². The normalized spacial score (nSPS) is 12.6. The van der Waals surface area contributed by atoms with Gasteiger partial charge in [-0.05, 0) is 29.5 Å². The molecule has 0 amide bonds. The summed E-state index contributed by atoms with van der Waals surface area (Å²) in [5, 5.41) is 21.3. The highest BCUT2D eigenvalue weighted by molar-refractivity contribution is 9.10. The van der Waals surface area contributed by atoms with Gasteiger partial charge < -0.3 is 5.11 Å². The number of aliphatic hydroxyl groups is 1. The van der Waals surface area contributed by atoms with Crippen molar-refractivity contribution in [3.8, 4) is 11.4 Å². The van der Waals surface area contributed by atoms with Crippen molar-refractivity contribution in [2.45, 2.75) is 12.6 Å². The van der Waals surface area contributed by atoms with Gasteiger partial charge in [0, 0.05) is 10.0 Å². The van der Waals surface area contributed by atoms with Crippen molar-refractivity contribution in [3.63, 3.8) is 0 Å². The molecule has 5 nitrogen and oxygen atoms in total. The molecular weight excluding hydrogens is 307 g/mol. The molecule has 2 aromatic rings. The van der Waals surface area contributed by atoms with Crippen LogP contribution in [0.1, 0.15) is 0 Å². The van der Waals surface area contributed by atoms with E-state index in [1.807, 2.05) is 24.3 Å². The largest absolute Gasteiger partial charge is 0.390 e. The fraction of sp³-hybridized carbons (Fsp3) is 0.300. The van der Waals surface area contributed by atoms with E-state index < -0.39 is 6.10 Å². The standard InChI is InChI=1S/C10H10BrClN4O/c11-8-3-1-7(2-4-8)10-13-15-16(14-10)6-9(17)5-12/h1-4,9,17H,5-6H2/t9-/m0/s1. The van der Waals surface area contributed by atoms with Gasteiger partial charge in [0.25, 0.3) is 0 Å². The fourth-order valence-electron chi connectivity index (χ4n) is 1.27. The first kappa shape index (κ1) is 12.5. The number of tetrazole rings is 1. The lowest BCUT2D eigenvalue weighted by Gasteiger charge is -2.03. The average Bonchev–Trinajstić information content (AvgIpc) is 2.78. The minimum atomic E-state index is -0.663. The summed E-state index contributed by atoms with van der Waals surface area (Å²) < 4.78 is 0.992. The second-order valence-corrected chi connectivity index (χ2v) is 4.71. The van der Waals surface area contributed by atoms with Crippen molar-refractivity contribution in [2.24, 2.45) is 0 Å². The molecule has 0 saturated heterocycles. The minimum absolute atomic E-state index is 0.148. The first-order valence-electron chi connectivity index (χ1n) is 4.97. The molecule has 0 aliphatic carbocycles. The Balaban J connectivity index is 2.15. The number of alkyl halides is 1. The topological polar surface area (TPSA) is 63.8 Å². The average molecular weight is 318 g/mol. The van der Waals surface area contributed by atoms with Gasteiger partial charge >= 0.3 is 0 Å². The summed E-state index contributed by atoms with van der Waals surface area (Å²) >= 11 is 8.85. The first-order valence-corrected chi connectivity index (χ1v) is 6.29. The molecule has 0 unspecified atom stereocenters. The third kappa shape index (κ3) is 3.24. The Kier molecular flexibility index (Phi) is 4.09. The number of halogens is 2. The molecule has 0 bridgehead atoms. The highest BCUT2D eigenvalue weighted by atomic mass is 79.9. The van der Waals surface area contributed by atoms with Crippen LogP contribution < -0.4 is 0 Å².